The molecule has 0 bridgehead atoms. The van der Waals surface area contributed by atoms with Crippen molar-refractivity contribution in [2.45, 2.75) is 31.7 Å². The summed E-state index contributed by atoms with van der Waals surface area (Å²) in [5, 5.41) is 10.7. The van der Waals surface area contributed by atoms with Crippen LogP contribution in [-0.4, -0.2) is 35.2 Å². The molecule has 2 N–H and O–H groups in total. The van der Waals surface area contributed by atoms with E-state index in [0.29, 0.717) is 29.7 Å². The quantitative estimate of drug-likeness (QED) is 0.845. The smallest absolute Gasteiger partial charge is 0.237 e. The molecule has 1 fully saturated rings. The highest BCUT2D eigenvalue weighted by Crippen LogP contribution is 2.19. The third-order valence-electron chi connectivity index (χ3n) is 3.82. The zero-order valence-electron chi connectivity index (χ0n) is 13.1. The maximum atomic E-state index is 12.0. The van der Waals surface area contributed by atoms with Gasteiger partial charge in [-0.1, -0.05) is 35.3 Å². The number of amides is 1. The fourth-order valence-electron chi connectivity index (χ4n) is 2.59. The summed E-state index contributed by atoms with van der Waals surface area (Å²) in [4.78, 5) is 16.3. The number of hydrogen-bond donors (Lipinski definition) is 2. The molecule has 24 heavy (non-hydrogen) atoms. The number of benzene rings is 1. The largest absolute Gasteiger partial charge is 0.354 e. The average Bonchev–Trinajstić information content (AvgIpc) is 3.04. The van der Waals surface area contributed by atoms with Crippen molar-refractivity contribution in [2.24, 2.45) is 0 Å². The Kier molecular flexibility index (Phi) is 7.02. The first-order valence-corrected chi connectivity index (χ1v) is 8.20. The van der Waals surface area contributed by atoms with Crippen molar-refractivity contribution in [3.63, 3.8) is 0 Å². The van der Waals surface area contributed by atoms with E-state index in [1.807, 2.05) is 12.1 Å². The predicted octanol–water partition coefficient (Wildman–Crippen LogP) is 2.61. The van der Waals surface area contributed by atoms with Gasteiger partial charge in [0.15, 0.2) is 0 Å². The molecule has 1 amide bonds. The van der Waals surface area contributed by atoms with Gasteiger partial charge in [-0.05, 0) is 31.5 Å². The molecule has 130 valence electrons. The van der Waals surface area contributed by atoms with Gasteiger partial charge in [-0.25, -0.2) is 0 Å². The highest BCUT2D eigenvalue weighted by Gasteiger charge is 2.20. The third-order valence-corrected chi connectivity index (χ3v) is 4.05. The standard InChI is InChI=1S/C16H19ClN4O2.ClH/c17-12-5-3-4-11(10-12)15-20-14(23-21-15)7-9-19-16(22)13-6-1-2-8-18-13;/h3-5,10,13,18H,1-2,6-9H2,(H,19,22);1H. The van der Waals surface area contributed by atoms with Crippen molar-refractivity contribution < 1.29 is 9.32 Å². The van der Waals surface area contributed by atoms with E-state index in [-0.39, 0.29) is 24.4 Å². The number of carbonyl (C=O) groups is 1. The zero-order chi connectivity index (χ0) is 16.1. The van der Waals surface area contributed by atoms with Crippen LogP contribution in [-0.2, 0) is 11.2 Å². The van der Waals surface area contributed by atoms with Crippen LogP contribution in [0.4, 0.5) is 0 Å². The molecule has 0 spiro atoms. The molecular formula is C16H20Cl2N4O2. The lowest BCUT2D eigenvalue weighted by Crippen LogP contribution is -2.47. The summed E-state index contributed by atoms with van der Waals surface area (Å²) in [5.74, 6) is 1.04. The Hall–Kier alpha value is -1.63. The monoisotopic (exact) mass is 370 g/mol. The van der Waals surface area contributed by atoms with Crippen LogP contribution in [0.15, 0.2) is 28.8 Å². The van der Waals surface area contributed by atoms with Crippen LogP contribution < -0.4 is 10.6 Å². The van der Waals surface area contributed by atoms with E-state index in [4.69, 9.17) is 16.1 Å². The number of carbonyl (C=O) groups excluding carboxylic acids is 1. The molecule has 1 unspecified atom stereocenters. The topological polar surface area (TPSA) is 80.1 Å². The maximum absolute atomic E-state index is 12.0. The highest BCUT2D eigenvalue weighted by atomic mass is 35.5. The third kappa shape index (κ3) is 4.93. The van der Waals surface area contributed by atoms with Gasteiger partial charge in [0.2, 0.25) is 17.6 Å². The summed E-state index contributed by atoms with van der Waals surface area (Å²) in [6, 6.07) is 7.21. The van der Waals surface area contributed by atoms with Gasteiger partial charge in [-0.3, -0.25) is 4.79 Å². The van der Waals surface area contributed by atoms with Crippen LogP contribution in [0.1, 0.15) is 25.2 Å². The normalized spacial score (nSPS) is 17.1. The zero-order valence-corrected chi connectivity index (χ0v) is 14.7. The Labute approximate surface area is 151 Å². The van der Waals surface area contributed by atoms with Gasteiger partial charge in [0.1, 0.15) is 0 Å². The van der Waals surface area contributed by atoms with Crippen molar-refractivity contribution in [3.05, 3.63) is 35.2 Å². The van der Waals surface area contributed by atoms with E-state index in [2.05, 4.69) is 20.8 Å². The Balaban J connectivity index is 0.00000208. The second-order valence-electron chi connectivity index (χ2n) is 5.57. The highest BCUT2D eigenvalue weighted by molar-refractivity contribution is 6.30. The molecule has 1 aromatic heterocycles. The van der Waals surface area contributed by atoms with Gasteiger partial charge in [0, 0.05) is 23.6 Å². The van der Waals surface area contributed by atoms with Gasteiger partial charge >= 0.3 is 0 Å². The summed E-state index contributed by atoms with van der Waals surface area (Å²) >= 11 is 5.95. The molecule has 1 aromatic carbocycles. The molecule has 0 aliphatic carbocycles. The lowest BCUT2D eigenvalue weighted by Gasteiger charge is -2.22. The van der Waals surface area contributed by atoms with Crippen molar-refractivity contribution >= 4 is 29.9 Å². The Morgan fingerprint density at radius 2 is 2.29 bits per heavy atom. The van der Waals surface area contributed by atoms with Crippen LogP contribution >= 0.6 is 24.0 Å². The Morgan fingerprint density at radius 1 is 1.42 bits per heavy atom. The summed E-state index contributed by atoms with van der Waals surface area (Å²) in [7, 11) is 0. The average molecular weight is 371 g/mol. The number of piperidine rings is 1. The first-order valence-electron chi connectivity index (χ1n) is 7.82. The molecule has 2 heterocycles. The van der Waals surface area contributed by atoms with E-state index < -0.39 is 0 Å². The molecule has 0 radical (unpaired) electrons. The SMILES string of the molecule is Cl.O=C(NCCc1nc(-c2cccc(Cl)c2)no1)C1CCCCN1. The van der Waals surface area contributed by atoms with Crippen LogP contribution in [0.5, 0.6) is 0 Å². The molecular weight excluding hydrogens is 351 g/mol. The molecule has 2 aromatic rings. The van der Waals surface area contributed by atoms with E-state index in [1.165, 1.54) is 0 Å². The van der Waals surface area contributed by atoms with Crippen LogP contribution in [0.3, 0.4) is 0 Å². The molecule has 1 aliphatic heterocycles. The molecule has 0 saturated carbocycles. The number of nitrogens with one attached hydrogen (secondary N) is 2. The van der Waals surface area contributed by atoms with Gasteiger partial charge in [-0.15, -0.1) is 12.4 Å². The fourth-order valence-corrected chi connectivity index (χ4v) is 2.78. The second kappa shape index (κ2) is 9.01. The first kappa shape index (κ1) is 18.7. The second-order valence-corrected chi connectivity index (χ2v) is 6.00. The summed E-state index contributed by atoms with van der Waals surface area (Å²) in [6.45, 7) is 1.39. The lowest BCUT2D eigenvalue weighted by atomic mass is 10.0. The van der Waals surface area contributed by atoms with E-state index in [9.17, 15) is 4.79 Å². The first-order chi connectivity index (χ1) is 11.2. The summed E-state index contributed by atoms with van der Waals surface area (Å²) in [6.07, 6.45) is 3.63. The maximum Gasteiger partial charge on any atom is 0.237 e. The van der Waals surface area contributed by atoms with Crippen molar-refractivity contribution in [3.8, 4) is 11.4 Å². The molecule has 1 saturated heterocycles. The van der Waals surface area contributed by atoms with Gasteiger partial charge in [0.25, 0.3) is 0 Å². The number of aromatic nitrogens is 2. The molecule has 3 rings (SSSR count). The van der Waals surface area contributed by atoms with Crippen LogP contribution in [0, 0.1) is 0 Å². The molecule has 1 aliphatic rings. The minimum absolute atomic E-state index is 0. The number of nitrogens with zero attached hydrogens (tertiary/aromatic N) is 2. The van der Waals surface area contributed by atoms with E-state index in [0.717, 1.165) is 31.4 Å². The summed E-state index contributed by atoms with van der Waals surface area (Å²) in [5.41, 5.74) is 0.808. The van der Waals surface area contributed by atoms with E-state index in [1.54, 1.807) is 12.1 Å². The lowest BCUT2D eigenvalue weighted by molar-refractivity contribution is -0.123. The summed E-state index contributed by atoms with van der Waals surface area (Å²) < 4.78 is 5.22. The Morgan fingerprint density at radius 3 is 3.04 bits per heavy atom. The van der Waals surface area contributed by atoms with Gasteiger partial charge in [-0.2, -0.15) is 4.98 Å². The van der Waals surface area contributed by atoms with Crippen molar-refractivity contribution in [2.75, 3.05) is 13.1 Å². The van der Waals surface area contributed by atoms with Crippen molar-refractivity contribution in [1.82, 2.24) is 20.8 Å². The van der Waals surface area contributed by atoms with Crippen molar-refractivity contribution in [1.29, 1.82) is 0 Å². The number of halogens is 2. The number of rotatable bonds is 5. The Bertz CT molecular complexity index is 672. The van der Waals surface area contributed by atoms with E-state index >= 15 is 0 Å². The molecule has 6 nitrogen and oxygen atoms in total. The number of hydrogen-bond acceptors (Lipinski definition) is 5. The molecule has 1 atom stereocenters. The minimum Gasteiger partial charge on any atom is -0.354 e. The van der Waals surface area contributed by atoms with Gasteiger partial charge in [0.05, 0.1) is 6.04 Å². The van der Waals surface area contributed by atoms with Crippen LogP contribution in [0.2, 0.25) is 5.02 Å². The minimum atomic E-state index is -0.0755. The predicted molar refractivity (Wildman–Crippen MR) is 94.3 cm³/mol. The van der Waals surface area contributed by atoms with Crippen LogP contribution in [0.25, 0.3) is 11.4 Å². The fraction of sp³-hybridized carbons (Fsp3) is 0.438. The van der Waals surface area contributed by atoms with Gasteiger partial charge < -0.3 is 15.2 Å². The molecule has 8 heteroatoms.